The summed E-state index contributed by atoms with van der Waals surface area (Å²) in [6.07, 6.45) is 2.77. The third kappa shape index (κ3) is 2.77. The molecule has 1 aliphatic heterocycles. The molecular weight excluding hydrogens is 288 g/mol. The maximum Gasteiger partial charge on any atom is 0.122 e. The number of fused-ring (bicyclic) bond motifs is 1. The number of aromatic nitrogens is 3. The van der Waals surface area contributed by atoms with Crippen LogP contribution in [0.1, 0.15) is 11.3 Å². The van der Waals surface area contributed by atoms with Crippen molar-refractivity contribution >= 4 is 5.69 Å². The number of hydrogen-bond donors (Lipinski definition) is 1. The Morgan fingerprint density at radius 3 is 2.96 bits per heavy atom. The Kier molecular flexibility index (Phi) is 3.46. The van der Waals surface area contributed by atoms with Crippen molar-refractivity contribution in [3.05, 3.63) is 59.9 Å². The molecule has 0 atom stereocenters. The van der Waals surface area contributed by atoms with Crippen molar-refractivity contribution in [3.63, 3.8) is 0 Å². The predicted molar refractivity (Wildman–Crippen MR) is 89.4 cm³/mol. The second-order valence-corrected chi connectivity index (χ2v) is 5.70. The second-order valence-electron chi connectivity index (χ2n) is 5.70. The number of benzene rings is 2. The number of anilines is 1. The van der Waals surface area contributed by atoms with Gasteiger partial charge in [0.1, 0.15) is 5.75 Å². The Balaban J connectivity index is 1.55. The first-order valence-electron chi connectivity index (χ1n) is 7.73. The van der Waals surface area contributed by atoms with Gasteiger partial charge in [-0.05, 0) is 41.0 Å². The molecule has 0 bridgehead atoms. The SMILES string of the molecule is Cn1nncc1CNc1cccc(-c2ccc3c(c2)CCO3)c1. The van der Waals surface area contributed by atoms with E-state index in [1.165, 1.54) is 16.7 Å². The van der Waals surface area contributed by atoms with Crippen LogP contribution in [0.4, 0.5) is 5.69 Å². The number of ether oxygens (including phenoxy) is 1. The number of nitrogens with zero attached hydrogens (tertiary/aromatic N) is 3. The highest BCUT2D eigenvalue weighted by molar-refractivity contribution is 5.70. The van der Waals surface area contributed by atoms with Gasteiger partial charge in [-0.15, -0.1) is 5.10 Å². The zero-order valence-electron chi connectivity index (χ0n) is 13.0. The first-order chi connectivity index (χ1) is 11.3. The largest absolute Gasteiger partial charge is 0.493 e. The number of nitrogens with one attached hydrogen (secondary N) is 1. The lowest BCUT2D eigenvalue weighted by Crippen LogP contribution is -2.05. The third-order valence-electron chi connectivity index (χ3n) is 4.17. The normalized spacial score (nSPS) is 12.7. The molecular formula is C18H18N4O. The summed E-state index contributed by atoms with van der Waals surface area (Å²) in [7, 11) is 1.90. The monoisotopic (exact) mass is 306 g/mol. The maximum atomic E-state index is 5.58. The molecule has 5 nitrogen and oxygen atoms in total. The minimum absolute atomic E-state index is 0.699. The Hall–Kier alpha value is -2.82. The minimum atomic E-state index is 0.699. The van der Waals surface area contributed by atoms with Crippen LogP contribution < -0.4 is 10.1 Å². The summed E-state index contributed by atoms with van der Waals surface area (Å²) in [5.41, 5.74) is 5.85. The van der Waals surface area contributed by atoms with Crippen LogP contribution in [0.3, 0.4) is 0 Å². The van der Waals surface area contributed by atoms with Crippen molar-refractivity contribution in [1.82, 2.24) is 15.0 Å². The van der Waals surface area contributed by atoms with E-state index in [1.807, 2.05) is 7.05 Å². The lowest BCUT2D eigenvalue weighted by molar-refractivity contribution is 0.357. The molecule has 1 aromatic heterocycles. The van der Waals surface area contributed by atoms with Gasteiger partial charge in [0, 0.05) is 19.2 Å². The van der Waals surface area contributed by atoms with Gasteiger partial charge in [0.25, 0.3) is 0 Å². The third-order valence-corrected chi connectivity index (χ3v) is 4.17. The molecule has 0 fully saturated rings. The Morgan fingerprint density at radius 2 is 2.09 bits per heavy atom. The molecule has 4 rings (SSSR count). The van der Waals surface area contributed by atoms with E-state index in [1.54, 1.807) is 10.9 Å². The topological polar surface area (TPSA) is 52.0 Å². The smallest absolute Gasteiger partial charge is 0.122 e. The van der Waals surface area contributed by atoms with Crippen LogP contribution in [0.15, 0.2) is 48.7 Å². The van der Waals surface area contributed by atoms with Gasteiger partial charge in [-0.25, -0.2) is 0 Å². The second kappa shape index (κ2) is 5.76. The van der Waals surface area contributed by atoms with Gasteiger partial charge in [-0.3, -0.25) is 4.68 Å². The Morgan fingerprint density at radius 1 is 1.17 bits per heavy atom. The highest BCUT2D eigenvalue weighted by Crippen LogP contribution is 2.31. The number of aryl methyl sites for hydroxylation is 1. The fraction of sp³-hybridized carbons (Fsp3) is 0.222. The van der Waals surface area contributed by atoms with E-state index in [9.17, 15) is 0 Å². The average Bonchev–Trinajstić information content (AvgIpc) is 3.21. The van der Waals surface area contributed by atoms with E-state index in [0.717, 1.165) is 30.2 Å². The molecule has 1 N–H and O–H groups in total. The molecule has 0 amide bonds. The van der Waals surface area contributed by atoms with E-state index >= 15 is 0 Å². The fourth-order valence-corrected chi connectivity index (χ4v) is 2.84. The highest BCUT2D eigenvalue weighted by atomic mass is 16.5. The van der Waals surface area contributed by atoms with E-state index < -0.39 is 0 Å². The van der Waals surface area contributed by atoms with Crippen LogP contribution in [-0.4, -0.2) is 21.6 Å². The number of rotatable bonds is 4. The first-order valence-corrected chi connectivity index (χ1v) is 7.73. The molecule has 3 aromatic rings. The van der Waals surface area contributed by atoms with Crippen molar-refractivity contribution < 1.29 is 4.74 Å². The highest BCUT2D eigenvalue weighted by Gasteiger charge is 2.12. The molecule has 1 aliphatic rings. The lowest BCUT2D eigenvalue weighted by Gasteiger charge is -2.09. The lowest BCUT2D eigenvalue weighted by atomic mass is 10.0. The molecule has 0 unspecified atom stereocenters. The Bertz CT molecular complexity index is 841. The summed E-state index contributed by atoms with van der Waals surface area (Å²) in [4.78, 5) is 0. The van der Waals surface area contributed by atoms with Gasteiger partial charge in [-0.1, -0.05) is 23.4 Å². The van der Waals surface area contributed by atoms with Crippen LogP contribution in [0, 0.1) is 0 Å². The van der Waals surface area contributed by atoms with Crippen molar-refractivity contribution in [2.45, 2.75) is 13.0 Å². The Labute approximate surface area is 134 Å². The van der Waals surface area contributed by atoms with Crippen LogP contribution in [-0.2, 0) is 20.0 Å². The fourth-order valence-electron chi connectivity index (χ4n) is 2.84. The van der Waals surface area contributed by atoms with Crippen LogP contribution in [0.25, 0.3) is 11.1 Å². The summed E-state index contributed by atoms with van der Waals surface area (Å²) in [6, 6.07) is 14.9. The molecule has 2 heterocycles. The molecule has 0 aliphatic carbocycles. The molecule has 5 heteroatoms. The standard InChI is InChI=1S/C18H18N4O/c1-22-17(12-20-21-22)11-19-16-4-2-3-13(10-16)14-5-6-18-15(9-14)7-8-23-18/h2-6,9-10,12,19H,7-8,11H2,1H3. The summed E-state index contributed by atoms with van der Waals surface area (Å²) >= 11 is 0. The van der Waals surface area contributed by atoms with Gasteiger partial charge in [0.2, 0.25) is 0 Å². The first kappa shape index (κ1) is 13.8. The minimum Gasteiger partial charge on any atom is -0.493 e. The van der Waals surface area contributed by atoms with Gasteiger partial charge in [0.05, 0.1) is 25.0 Å². The van der Waals surface area contributed by atoms with Crippen molar-refractivity contribution in [2.75, 3.05) is 11.9 Å². The quantitative estimate of drug-likeness (QED) is 0.805. The molecule has 116 valence electrons. The van der Waals surface area contributed by atoms with E-state index in [2.05, 4.69) is 58.1 Å². The van der Waals surface area contributed by atoms with Gasteiger partial charge < -0.3 is 10.1 Å². The predicted octanol–water partition coefficient (Wildman–Crippen LogP) is 3.03. The number of hydrogen-bond acceptors (Lipinski definition) is 4. The van der Waals surface area contributed by atoms with E-state index in [0.29, 0.717) is 6.54 Å². The van der Waals surface area contributed by atoms with Crippen molar-refractivity contribution in [3.8, 4) is 16.9 Å². The van der Waals surface area contributed by atoms with Crippen LogP contribution in [0.5, 0.6) is 5.75 Å². The molecule has 2 aromatic carbocycles. The maximum absolute atomic E-state index is 5.58. The zero-order valence-corrected chi connectivity index (χ0v) is 13.0. The van der Waals surface area contributed by atoms with Gasteiger partial charge >= 0.3 is 0 Å². The van der Waals surface area contributed by atoms with Gasteiger partial charge in [0.15, 0.2) is 0 Å². The summed E-state index contributed by atoms with van der Waals surface area (Å²) in [5.74, 6) is 1.02. The van der Waals surface area contributed by atoms with E-state index in [4.69, 9.17) is 4.74 Å². The van der Waals surface area contributed by atoms with Gasteiger partial charge in [-0.2, -0.15) is 0 Å². The van der Waals surface area contributed by atoms with Crippen LogP contribution >= 0.6 is 0 Å². The molecule has 0 saturated heterocycles. The molecule has 0 saturated carbocycles. The van der Waals surface area contributed by atoms with Crippen LogP contribution in [0.2, 0.25) is 0 Å². The van der Waals surface area contributed by atoms with Crippen molar-refractivity contribution in [2.24, 2.45) is 7.05 Å². The zero-order chi connectivity index (χ0) is 15.6. The average molecular weight is 306 g/mol. The molecule has 23 heavy (non-hydrogen) atoms. The van der Waals surface area contributed by atoms with Crippen molar-refractivity contribution in [1.29, 1.82) is 0 Å². The molecule has 0 spiro atoms. The summed E-state index contributed by atoms with van der Waals surface area (Å²) in [6.45, 7) is 1.49. The summed E-state index contributed by atoms with van der Waals surface area (Å²) in [5, 5.41) is 11.3. The molecule has 0 radical (unpaired) electrons. The van der Waals surface area contributed by atoms with E-state index in [-0.39, 0.29) is 0 Å². The summed E-state index contributed by atoms with van der Waals surface area (Å²) < 4.78 is 7.35.